The van der Waals surface area contributed by atoms with E-state index < -0.39 is 15.4 Å². The first-order valence-corrected chi connectivity index (χ1v) is 9.27. The summed E-state index contributed by atoms with van der Waals surface area (Å²) in [5.74, 6) is 0.409. The smallest absolute Gasteiger partial charge is 0.150 e. The van der Waals surface area contributed by atoms with E-state index in [1.807, 2.05) is 0 Å². The monoisotopic (exact) mass is 291 g/mol. The maximum Gasteiger partial charge on any atom is 0.150 e. The van der Waals surface area contributed by atoms with E-state index in [1.54, 1.807) is 6.92 Å². The van der Waals surface area contributed by atoms with Crippen LogP contribution >= 0.6 is 0 Å². The molecule has 0 spiro atoms. The second-order valence-corrected chi connectivity index (χ2v) is 8.52. The lowest BCUT2D eigenvalue weighted by Gasteiger charge is -2.28. The molecule has 5 heteroatoms. The molecule has 1 fully saturated rings. The summed E-state index contributed by atoms with van der Waals surface area (Å²) in [6, 6.07) is 0.516. The van der Waals surface area contributed by atoms with Gasteiger partial charge in [-0.3, -0.25) is 0 Å². The quantitative estimate of drug-likeness (QED) is 0.811. The third kappa shape index (κ3) is 5.79. The number of likely N-dealkylation sites (tertiary alicyclic amines) is 1. The van der Waals surface area contributed by atoms with E-state index in [2.05, 4.69) is 18.7 Å². The Kier molecular flexibility index (Phi) is 6.27. The van der Waals surface area contributed by atoms with Crippen molar-refractivity contribution in [3.8, 4) is 0 Å². The van der Waals surface area contributed by atoms with Crippen molar-refractivity contribution in [3.05, 3.63) is 0 Å². The first-order valence-electron chi connectivity index (χ1n) is 7.45. The van der Waals surface area contributed by atoms with E-state index in [4.69, 9.17) is 0 Å². The minimum absolute atomic E-state index is 0.201. The zero-order chi connectivity index (χ0) is 14.5. The molecule has 1 heterocycles. The van der Waals surface area contributed by atoms with Crippen LogP contribution in [0.2, 0.25) is 0 Å². The van der Waals surface area contributed by atoms with Gasteiger partial charge in [-0.15, -0.1) is 0 Å². The predicted molar refractivity (Wildman–Crippen MR) is 79.1 cm³/mol. The van der Waals surface area contributed by atoms with Gasteiger partial charge in [0.05, 0.1) is 11.4 Å². The fourth-order valence-electron chi connectivity index (χ4n) is 2.73. The maximum atomic E-state index is 11.5. The van der Waals surface area contributed by atoms with Crippen molar-refractivity contribution in [3.63, 3.8) is 0 Å². The van der Waals surface area contributed by atoms with Gasteiger partial charge in [0.1, 0.15) is 9.84 Å². The Morgan fingerprint density at radius 1 is 1.26 bits per heavy atom. The van der Waals surface area contributed by atoms with Gasteiger partial charge in [-0.2, -0.15) is 0 Å². The molecule has 0 amide bonds. The van der Waals surface area contributed by atoms with Crippen molar-refractivity contribution in [2.24, 2.45) is 0 Å². The molecule has 0 aromatic rings. The average molecular weight is 291 g/mol. The van der Waals surface area contributed by atoms with E-state index >= 15 is 0 Å². The minimum atomic E-state index is -2.90. The predicted octanol–water partition coefficient (Wildman–Crippen LogP) is 1.83. The molecule has 0 aliphatic carbocycles. The number of sulfone groups is 1. The molecule has 1 aliphatic heterocycles. The Morgan fingerprint density at radius 3 is 2.53 bits per heavy atom. The summed E-state index contributed by atoms with van der Waals surface area (Å²) >= 11 is 0. The Morgan fingerprint density at radius 2 is 1.95 bits per heavy atom. The highest BCUT2D eigenvalue weighted by molar-refractivity contribution is 7.91. The molecule has 4 nitrogen and oxygen atoms in total. The van der Waals surface area contributed by atoms with Crippen molar-refractivity contribution in [2.45, 2.75) is 64.5 Å². The van der Waals surface area contributed by atoms with Gasteiger partial charge in [0, 0.05) is 18.3 Å². The van der Waals surface area contributed by atoms with Crippen molar-refractivity contribution in [1.82, 2.24) is 4.90 Å². The van der Waals surface area contributed by atoms with E-state index in [1.165, 1.54) is 0 Å². The van der Waals surface area contributed by atoms with Crippen molar-refractivity contribution in [1.29, 1.82) is 0 Å². The molecule has 0 aromatic heterocycles. The summed E-state index contributed by atoms with van der Waals surface area (Å²) in [5, 5.41) is 10.6. The van der Waals surface area contributed by atoms with Gasteiger partial charge in [0.25, 0.3) is 0 Å². The summed E-state index contributed by atoms with van der Waals surface area (Å²) in [6.45, 7) is 7.98. The molecule has 1 rings (SSSR count). The van der Waals surface area contributed by atoms with Crippen molar-refractivity contribution >= 4 is 9.84 Å². The molecule has 1 N–H and O–H groups in total. The molecule has 0 radical (unpaired) electrons. The standard InChI is InChI=1S/C14H29NO3S/c1-4-19(17,18)12-6-8-14(16)7-5-10-15(11-9-14)13(2)3/h13,16H,4-12H2,1-3H3. The first-order chi connectivity index (χ1) is 8.78. The average Bonchev–Trinajstić information content (AvgIpc) is 2.51. The lowest BCUT2D eigenvalue weighted by atomic mass is 9.90. The summed E-state index contributed by atoms with van der Waals surface area (Å²) in [7, 11) is -2.90. The Balaban J connectivity index is 2.44. The Bertz CT molecular complexity index is 367. The van der Waals surface area contributed by atoms with Gasteiger partial charge in [-0.1, -0.05) is 6.92 Å². The van der Waals surface area contributed by atoms with Gasteiger partial charge >= 0.3 is 0 Å². The Hall–Kier alpha value is -0.130. The highest BCUT2D eigenvalue weighted by Crippen LogP contribution is 2.28. The molecular formula is C14H29NO3S. The van der Waals surface area contributed by atoms with Crippen LogP contribution in [-0.4, -0.2) is 54.7 Å². The van der Waals surface area contributed by atoms with Gasteiger partial charge in [-0.25, -0.2) is 8.42 Å². The lowest BCUT2D eigenvalue weighted by molar-refractivity contribution is 0.0157. The molecule has 1 saturated heterocycles. The summed E-state index contributed by atoms with van der Waals surface area (Å²) in [4.78, 5) is 2.39. The molecule has 1 aliphatic rings. The van der Waals surface area contributed by atoms with Crippen LogP contribution in [0.3, 0.4) is 0 Å². The lowest BCUT2D eigenvalue weighted by Crippen LogP contribution is -2.34. The second-order valence-electron chi connectivity index (χ2n) is 6.05. The van der Waals surface area contributed by atoms with Gasteiger partial charge in [0.15, 0.2) is 0 Å². The fourth-order valence-corrected chi connectivity index (χ4v) is 3.60. The normalized spacial score (nSPS) is 26.6. The number of aliphatic hydroxyl groups is 1. The van der Waals surface area contributed by atoms with Crippen LogP contribution in [0.5, 0.6) is 0 Å². The molecule has 19 heavy (non-hydrogen) atoms. The third-order valence-electron chi connectivity index (χ3n) is 4.22. The summed E-state index contributed by atoms with van der Waals surface area (Å²) < 4.78 is 22.9. The molecule has 0 bridgehead atoms. The largest absolute Gasteiger partial charge is 0.390 e. The highest BCUT2D eigenvalue weighted by Gasteiger charge is 2.30. The number of hydrogen-bond acceptors (Lipinski definition) is 4. The molecule has 0 saturated carbocycles. The fraction of sp³-hybridized carbons (Fsp3) is 1.00. The minimum Gasteiger partial charge on any atom is -0.390 e. The van der Waals surface area contributed by atoms with Crippen molar-refractivity contribution < 1.29 is 13.5 Å². The summed E-state index contributed by atoms with van der Waals surface area (Å²) in [5.41, 5.74) is -0.660. The number of rotatable bonds is 6. The second kappa shape index (κ2) is 7.04. The zero-order valence-corrected chi connectivity index (χ0v) is 13.4. The summed E-state index contributed by atoms with van der Waals surface area (Å²) in [6.07, 6.45) is 3.74. The third-order valence-corrected chi connectivity index (χ3v) is 6.01. The highest BCUT2D eigenvalue weighted by atomic mass is 32.2. The van der Waals surface area contributed by atoms with E-state index in [0.717, 1.165) is 32.4 Å². The van der Waals surface area contributed by atoms with Crippen LogP contribution < -0.4 is 0 Å². The molecular weight excluding hydrogens is 262 g/mol. The molecule has 1 atom stereocenters. The SMILES string of the molecule is CCS(=O)(=O)CCCC1(O)CCCN(C(C)C)CC1. The Labute approximate surface area is 118 Å². The van der Waals surface area contributed by atoms with Crippen molar-refractivity contribution in [2.75, 3.05) is 24.6 Å². The molecule has 114 valence electrons. The van der Waals surface area contributed by atoms with Crippen LogP contribution in [0.15, 0.2) is 0 Å². The van der Waals surface area contributed by atoms with Gasteiger partial charge in [0.2, 0.25) is 0 Å². The van der Waals surface area contributed by atoms with E-state index in [9.17, 15) is 13.5 Å². The van der Waals surface area contributed by atoms with Gasteiger partial charge < -0.3 is 10.0 Å². The van der Waals surface area contributed by atoms with Crippen LogP contribution in [0.25, 0.3) is 0 Å². The van der Waals surface area contributed by atoms with E-state index in [-0.39, 0.29) is 11.5 Å². The number of hydrogen-bond donors (Lipinski definition) is 1. The van der Waals surface area contributed by atoms with Crippen LogP contribution in [0.4, 0.5) is 0 Å². The molecule has 0 aromatic carbocycles. The topological polar surface area (TPSA) is 57.6 Å². The zero-order valence-electron chi connectivity index (χ0n) is 12.6. The number of nitrogens with zero attached hydrogens (tertiary/aromatic N) is 1. The van der Waals surface area contributed by atoms with E-state index in [0.29, 0.717) is 18.9 Å². The maximum absolute atomic E-state index is 11.5. The van der Waals surface area contributed by atoms with Crippen LogP contribution in [0.1, 0.15) is 52.9 Å². The van der Waals surface area contributed by atoms with Gasteiger partial charge in [-0.05, 0) is 52.5 Å². The first kappa shape index (κ1) is 16.9. The molecule has 1 unspecified atom stereocenters. The van der Waals surface area contributed by atoms with Crippen LogP contribution in [0, 0.1) is 0 Å². The van der Waals surface area contributed by atoms with Crippen LogP contribution in [-0.2, 0) is 9.84 Å².